The second-order valence-electron chi connectivity index (χ2n) is 5.51. The van der Waals surface area contributed by atoms with E-state index >= 15 is 0 Å². The molecule has 2 nitrogen and oxygen atoms in total. The number of nitrogens with zero attached hydrogens (tertiary/aromatic N) is 1. The molecule has 0 spiro atoms. The van der Waals surface area contributed by atoms with Crippen molar-refractivity contribution in [2.75, 3.05) is 13.6 Å². The van der Waals surface area contributed by atoms with Crippen molar-refractivity contribution in [3.05, 3.63) is 53.4 Å². The summed E-state index contributed by atoms with van der Waals surface area (Å²) < 4.78 is 0. The Labute approximate surface area is 130 Å². The molecule has 1 aromatic carbocycles. The quantitative estimate of drug-likeness (QED) is 0.742. The van der Waals surface area contributed by atoms with Crippen LogP contribution in [-0.2, 0) is 4.79 Å². The van der Waals surface area contributed by atoms with Crippen molar-refractivity contribution in [2.24, 2.45) is 5.92 Å². The van der Waals surface area contributed by atoms with Crippen molar-refractivity contribution in [3.8, 4) is 10.4 Å². The van der Waals surface area contributed by atoms with Gasteiger partial charge in [-0.25, -0.2) is 0 Å². The summed E-state index contributed by atoms with van der Waals surface area (Å²) in [5.41, 5.74) is 1.21. The smallest absolute Gasteiger partial charge is 0.246 e. The van der Waals surface area contributed by atoms with E-state index in [4.69, 9.17) is 0 Å². The highest BCUT2D eigenvalue weighted by Gasteiger charge is 2.07. The Bertz CT molecular complexity index is 613. The number of carbonyl (C=O) groups is 1. The van der Waals surface area contributed by atoms with E-state index in [0.29, 0.717) is 5.92 Å². The fourth-order valence-electron chi connectivity index (χ4n) is 2.12. The molecule has 2 rings (SSSR count). The number of carbonyl (C=O) groups excluding carboxylic acids is 1. The Morgan fingerprint density at radius 1 is 1.19 bits per heavy atom. The molecular weight excluding hydrogens is 278 g/mol. The number of benzene rings is 1. The second-order valence-corrected chi connectivity index (χ2v) is 6.63. The molecule has 0 atom stereocenters. The number of amides is 1. The van der Waals surface area contributed by atoms with Gasteiger partial charge in [-0.05, 0) is 29.7 Å². The SMILES string of the molecule is CC(C)CN(C)C(=O)C=Cc1ccc(-c2ccccc2)s1. The summed E-state index contributed by atoms with van der Waals surface area (Å²) in [5.74, 6) is 0.539. The number of likely N-dealkylation sites (N-methyl/N-ethyl adjacent to an activating group) is 1. The van der Waals surface area contributed by atoms with Gasteiger partial charge in [-0.1, -0.05) is 44.2 Å². The minimum Gasteiger partial charge on any atom is -0.342 e. The standard InChI is InChI=1S/C18H21NOS/c1-14(2)13-19(3)18(20)12-10-16-9-11-17(21-16)15-7-5-4-6-8-15/h4-12,14H,13H2,1-3H3. The molecule has 0 radical (unpaired) electrons. The normalized spacial score (nSPS) is 11.2. The highest BCUT2D eigenvalue weighted by Crippen LogP contribution is 2.28. The fraction of sp³-hybridized carbons (Fsp3) is 0.278. The number of rotatable bonds is 5. The Kier molecular flexibility index (Phi) is 5.34. The van der Waals surface area contributed by atoms with Crippen molar-refractivity contribution in [1.29, 1.82) is 0 Å². The summed E-state index contributed by atoms with van der Waals surface area (Å²) >= 11 is 1.70. The lowest BCUT2D eigenvalue weighted by atomic mass is 10.2. The summed E-state index contributed by atoms with van der Waals surface area (Å²) in [7, 11) is 1.84. The lowest BCUT2D eigenvalue weighted by molar-refractivity contribution is -0.125. The zero-order valence-electron chi connectivity index (χ0n) is 12.7. The van der Waals surface area contributed by atoms with Crippen molar-refractivity contribution >= 4 is 23.3 Å². The van der Waals surface area contributed by atoms with Crippen LogP contribution >= 0.6 is 11.3 Å². The van der Waals surface area contributed by atoms with Crippen molar-refractivity contribution < 1.29 is 4.79 Å². The van der Waals surface area contributed by atoms with Gasteiger partial charge in [0, 0.05) is 29.4 Å². The third-order valence-corrected chi connectivity index (χ3v) is 4.19. The summed E-state index contributed by atoms with van der Waals surface area (Å²) in [5, 5.41) is 0. The van der Waals surface area contributed by atoms with Crippen LogP contribution in [0.2, 0.25) is 0 Å². The second kappa shape index (κ2) is 7.23. The lowest BCUT2D eigenvalue weighted by Gasteiger charge is -2.17. The molecule has 21 heavy (non-hydrogen) atoms. The van der Waals surface area contributed by atoms with Crippen LogP contribution in [0.4, 0.5) is 0 Å². The van der Waals surface area contributed by atoms with Crippen LogP contribution in [0.15, 0.2) is 48.5 Å². The van der Waals surface area contributed by atoms with Crippen LogP contribution in [0.25, 0.3) is 16.5 Å². The van der Waals surface area contributed by atoms with Gasteiger partial charge in [0.1, 0.15) is 0 Å². The van der Waals surface area contributed by atoms with Crippen LogP contribution in [0, 0.1) is 5.92 Å². The topological polar surface area (TPSA) is 20.3 Å². The maximum Gasteiger partial charge on any atom is 0.246 e. The zero-order chi connectivity index (χ0) is 15.2. The third kappa shape index (κ3) is 4.57. The predicted molar refractivity (Wildman–Crippen MR) is 91.3 cm³/mol. The largest absolute Gasteiger partial charge is 0.342 e. The van der Waals surface area contributed by atoms with Crippen molar-refractivity contribution in [1.82, 2.24) is 4.90 Å². The van der Waals surface area contributed by atoms with Crippen molar-refractivity contribution in [2.45, 2.75) is 13.8 Å². The highest BCUT2D eigenvalue weighted by atomic mass is 32.1. The first kappa shape index (κ1) is 15.5. The molecule has 0 unspecified atom stereocenters. The molecule has 0 saturated heterocycles. The van der Waals surface area contributed by atoms with E-state index < -0.39 is 0 Å². The molecular formula is C18H21NOS. The van der Waals surface area contributed by atoms with Crippen LogP contribution in [0.5, 0.6) is 0 Å². The molecule has 1 amide bonds. The van der Waals surface area contributed by atoms with Crippen LogP contribution in [-0.4, -0.2) is 24.4 Å². The molecule has 0 aliphatic heterocycles. The van der Waals surface area contributed by atoms with Gasteiger partial charge >= 0.3 is 0 Å². The monoisotopic (exact) mass is 299 g/mol. The van der Waals surface area contributed by atoms with Gasteiger partial charge in [0.25, 0.3) is 0 Å². The maximum atomic E-state index is 12.0. The zero-order valence-corrected chi connectivity index (χ0v) is 13.6. The summed E-state index contributed by atoms with van der Waals surface area (Å²) in [6.07, 6.45) is 3.55. The molecule has 0 aliphatic rings. The summed E-state index contributed by atoms with van der Waals surface area (Å²) in [4.78, 5) is 16.0. The molecule has 0 fully saturated rings. The summed E-state index contributed by atoms with van der Waals surface area (Å²) in [6.45, 7) is 5.00. The van der Waals surface area contributed by atoms with E-state index in [2.05, 4.69) is 38.1 Å². The lowest BCUT2D eigenvalue weighted by Crippen LogP contribution is -2.28. The minimum absolute atomic E-state index is 0.0540. The minimum atomic E-state index is 0.0540. The Morgan fingerprint density at radius 3 is 2.57 bits per heavy atom. The van der Waals surface area contributed by atoms with E-state index in [-0.39, 0.29) is 5.91 Å². The van der Waals surface area contributed by atoms with Gasteiger partial charge in [0.05, 0.1) is 0 Å². The Hall–Kier alpha value is -1.87. The predicted octanol–water partition coefficient (Wildman–Crippen LogP) is 4.54. The number of thiophene rings is 1. The molecule has 1 aromatic heterocycles. The average molecular weight is 299 g/mol. The van der Waals surface area contributed by atoms with Gasteiger partial charge in [0.15, 0.2) is 0 Å². The molecule has 110 valence electrons. The average Bonchev–Trinajstić information content (AvgIpc) is 2.94. The third-order valence-electron chi connectivity index (χ3n) is 3.09. The van der Waals surface area contributed by atoms with E-state index in [1.165, 1.54) is 10.4 Å². The fourth-order valence-corrected chi connectivity index (χ4v) is 3.03. The molecule has 1 heterocycles. The van der Waals surface area contributed by atoms with E-state index in [1.807, 2.05) is 31.3 Å². The first-order valence-electron chi connectivity index (χ1n) is 7.14. The van der Waals surface area contributed by atoms with Gasteiger partial charge in [-0.2, -0.15) is 0 Å². The maximum absolute atomic E-state index is 12.0. The molecule has 0 N–H and O–H groups in total. The van der Waals surface area contributed by atoms with E-state index in [9.17, 15) is 4.79 Å². The van der Waals surface area contributed by atoms with E-state index in [0.717, 1.165) is 11.4 Å². The van der Waals surface area contributed by atoms with Gasteiger partial charge < -0.3 is 4.90 Å². The van der Waals surface area contributed by atoms with Gasteiger partial charge in [-0.15, -0.1) is 11.3 Å². The molecule has 0 bridgehead atoms. The van der Waals surface area contributed by atoms with Crippen LogP contribution in [0.3, 0.4) is 0 Å². The Morgan fingerprint density at radius 2 is 1.90 bits per heavy atom. The number of hydrogen-bond donors (Lipinski definition) is 0. The van der Waals surface area contributed by atoms with E-state index in [1.54, 1.807) is 22.3 Å². The van der Waals surface area contributed by atoms with Crippen LogP contribution < -0.4 is 0 Å². The van der Waals surface area contributed by atoms with Gasteiger partial charge in [-0.3, -0.25) is 4.79 Å². The highest BCUT2D eigenvalue weighted by molar-refractivity contribution is 7.16. The number of hydrogen-bond acceptors (Lipinski definition) is 2. The first-order chi connectivity index (χ1) is 10.1. The van der Waals surface area contributed by atoms with Gasteiger partial charge in [0.2, 0.25) is 5.91 Å². The van der Waals surface area contributed by atoms with Crippen LogP contribution in [0.1, 0.15) is 18.7 Å². The summed E-state index contributed by atoms with van der Waals surface area (Å²) in [6, 6.07) is 14.4. The molecule has 0 aliphatic carbocycles. The van der Waals surface area contributed by atoms with Crippen molar-refractivity contribution in [3.63, 3.8) is 0 Å². The molecule has 3 heteroatoms. The first-order valence-corrected chi connectivity index (χ1v) is 7.96. The molecule has 0 saturated carbocycles. The Balaban J connectivity index is 2.02. The molecule has 2 aromatic rings.